The Morgan fingerprint density at radius 3 is 3.50 bits per heavy atom. The van der Waals surface area contributed by atoms with E-state index in [9.17, 15) is 0 Å². The fourth-order valence-corrected chi connectivity index (χ4v) is 0.535. The van der Waals surface area contributed by atoms with Crippen LogP contribution in [0.25, 0.3) is 0 Å². The number of ether oxygens (including phenoxy) is 1. The van der Waals surface area contributed by atoms with E-state index < -0.39 is 7.04 Å². The van der Waals surface area contributed by atoms with Crippen LogP contribution in [-0.2, 0) is 0 Å². The molecule has 50 valence electrons. The van der Waals surface area contributed by atoms with Gasteiger partial charge < -0.3 is 4.74 Å². The van der Waals surface area contributed by atoms with Gasteiger partial charge in [-0.1, -0.05) is 0 Å². The predicted molar refractivity (Wildman–Crippen MR) is 35.5 cm³/mol. The van der Waals surface area contributed by atoms with Gasteiger partial charge in [0.15, 0.2) is 0 Å². The van der Waals surface area contributed by atoms with Gasteiger partial charge in [-0.15, -0.1) is 0 Å². The monoisotopic (exact) mass is 137 g/mol. The van der Waals surface area contributed by atoms with Gasteiger partial charge in [-0.2, -0.15) is 5.26 Å². The molecule has 1 aromatic heterocycles. The van der Waals surface area contributed by atoms with Crippen LogP contribution in [0.2, 0.25) is 0 Å². The van der Waals surface area contributed by atoms with Gasteiger partial charge in [0.25, 0.3) is 0 Å². The van der Waals surface area contributed by atoms with Crippen LogP contribution in [0, 0.1) is 11.3 Å². The summed E-state index contributed by atoms with van der Waals surface area (Å²) in [6.07, 6.45) is 1.32. The second kappa shape index (κ2) is 2.83. The Kier molecular flexibility index (Phi) is 1.01. The Hall–Kier alpha value is -1.56. The molecule has 0 aromatic carbocycles. The zero-order chi connectivity index (χ0) is 9.90. The summed E-state index contributed by atoms with van der Waals surface area (Å²) in [5, 5.41) is 8.49. The number of hydrogen-bond acceptors (Lipinski definition) is 3. The van der Waals surface area contributed by atoms with Gasteiger partial charge in [0.2, 0.25) is 5.88 Å². The van der Waals surface area contributed by atoms with Crippen molar-refractivity contribution in [2.45, 2.75) is 0 Å². The molecule has 3 heteroatoms. The molecule has 0 N–H and O–H groups in total. The normalized spacial score (nSPS) is 14.1. The van der Waals surface area contributed by atoms with Gasteiger partial charge in [-0.3, -0.25) is 0 Å². The highest BCUT2D eigenvalue weighted by Gasteiger charge is 1.92. The third kappa shape index (κ3) is 1.23. The zero-order valence-corrected chi connectivity index (χ0v) is 5.03. The zero-order valence-electron chi connectivity index (χ0n) is 8.03. The van der Waals surface area contributed by atoms with Crippen molar-refractivity contribution in [2.75, 3.05) is 7.04 Å². The molecule has 10 heavy (non-hydrogen) atoms. The van der Waals surface area contributed by atoms with Crippen molar-refractivity contribution < 1.29 is 8.85 Å². The number of nitrogens with zero attached hydrogens (tertiary/aromatic N) is 2. The van der Waals surface area contributed by atoms with Crippen molar-refractivity contribution in [3.8, 4) is 11.9 Å². The molecule has 1 rings (SSSR count). The maximum atomic E-state index is 8.49. The first-order chi connectivity index (χ1) is 6.01. The largest absolute Gasteiger partial charge is 0.481 e. The molecule has 1 aromatic rings. The van der Waals surface area contributed by atoms with Crippen molar-refractivity contribution in [3.63, 3.8) is 0 Å². The standard InChI is InChI=1S/C7H6N2O/c1-10-7-4-6(5-8)2-3-9-7/h2-4H,1H3/i1D3. The molecule has 0 amide bonds. The topological polar surface area (TPSA) is 45.9 Å². The van der Waals surface area contributed by atoms with Gasteiger partial charge in [0.05, 0.1) is 22.8 Å². The lowest BCUT2D eigenvalue weighted by Gasteiger charge is -1.95. The smallest absolute Gasteiger partial charge is 0.214 e. The fourth-order valence-electron chi connectivity index (χ4n) is 0.535. The van der Waals surface area contributed by atoms with Gasteiger partial charge in [-0.05, 0) is 6.07 Å². The van der Waals surface area contributed by atoms with E-state index in [2.05, 4.69) is 9.72 Å². The SMILES string of the molecule is [2H]C([2H])([2H])Oc1cc(C#N)ccn1. The lowest BCUT2D eigenvalue weighted by molar-refractivity contribution is 0.398. The van der Waals surface area contributed by atoms with Crippen LogP contribution in [0.4, 0.5) is 0 Å². The molecule has 0 radical (unpaired) electrons. The molecule has 0 fully saturated rings. The number of aromatic nitrogens is 1. The Labute approximate surface area is 63.1 Å². The van der Waals surface area contributed by atoms with Crippen molar-refractivity contribution in [1.82, 2.24) is 4.98 Å². The van der Waals surface area contributed by atoms with Crippen LogP contribution < -0.4 is 4.74 Å². The summed E-state index contributed by atoms with van der Waals surface area (Å²) in [5.74, 6) is -0.0703. The summed E-state index contributed by atoms with van der Waals surface area (Å²) >= 11 is 0. The molecule has 0 saturated heterocycles. The van der Waals surface area contributed by atoms with Crippen LogP contribution >= 0.6 is 0 Å². The van der Waals surface area contributed by atoms with E-state index >= 15 is 0 Å². The Balaban J connectivity index is 2.86. The average molecular weight is 137 g/mol. The third-order valence-corrected chi connectivity index (χ3v) is 0.969. The van der Waals surface area contributed by atoms with E-state index in [1.54, 1.807) is 0 Å². The Bertz CT molecular complexity index is 342. The molecule has 0 spiro atoms. The highest BCUT2D eigenvalue weighted by molar-refractivity contribution is 5.30. The second-order valence-corrected chi connectivity index (χ2v) is 1.60. The first-order valence-electron chi connectivity index (χ1n) is 4.06. The van der Waals surface area contributed by atoms with E-state index in [-0.39, 0.29) is 5.88 Å². The fraction of sp³-hybridized carbons (Fsp3) is 0.143. The van der Waals surface area contributed by atoms with Crippen LogP contribution in [0.5, 0.6) is 5.88 Å². The molecule has 0 aliphatic heterocycles. The minimum atomic E-state index is -2.53. The van der Waals surface area contributed by atoms with Crippen molar-refractivity contribution in [3.05, 3.63) is 23.9 Å². The van der Waals surface area contributed by atoms with Crippen LogP contribution in [0.15, 0.2) is 18.3 Å². The molecule has 0 aliphatic carbocycles. The quantitative estimate of drug-likeness (QED) is 0.579. The molecule has 3 nitrogen and oxygen atoms in total. The molecule has 0 bridgehead atoms. The van der Waals surface area contributed by atoms with Gasteiger partial charge in [0, 0.05) is 12.3 Å². The molecule has 0 aliphatic rings. The summed E-state index contributed by atoms with van der Waals surface area (Å²) in [6.45, 7) is 0. The maximum Gasteiger partial charge on any atom is 0.214 e. The van der Waals surface area contributed by atoms with E-state index in [0.717, 1.165) is 0 Å². The van der Waals surface area contributed by atoms with Gasteiger partial charge in [0.1, 0.15) is 0 Å². The second-order valence-electron chi connectivity index (χ2n) is 1.60. The number of hydrogen-bond donors (Lipinski definition) is 0. The summed E-state index contributed by atoms with van der Waals surface area (Å²) in [5.41, 5.74) is 0.314. The molecule has 0 atom stereocenters. The number of nitriles is 1. The number of methoxy groups -OCH3 is 1. The van der Waals surface area contributed by atoms with Crippen LogP contribution in [0.3, 0.4) is 0 Å². The van der Waals surface area contributed by atoms with Crippen molar-refractivity contribution >= 4 is 0 Å². The molecular weight excluding hydrogens is 128 g/mol. The predicted octanol–water partition coefficient (Wildman–Crippen LogP) is 0.962. The molecule has 0 saturated carbocycles. The third-order valence-electron chi connectivity index (χ3n) is 0.969. The summed E-state index contributed by atoms with van der Waals surface area (Å²) in [4.78, 5) is 3.64. The van der Waals surface area contributed by atoms with Crippen molar-refractivity contribution in [2.24, 2.45) is 0 Å². The van der Waals surface area contributed by atoms with E-state index in [0.29, 0.717) is 5.56 Å². The van der Waals surface area contributed by atoms with Crippen molar-refractivity contribution in [1.29, 1.82) is 5.26 Å². The minimum Gasteiger partial charge on any atom is -0.481 e. The highest BCUT2D eigenvalue weighted by atomic mass is 16.5. The Morgan fingerprint density at radius 1 is 1.90 bits per heavy atom. The molecular formula is C7H6N2O. The van der Waals surface area contributed by atoms with Gasteiger partial charge >= 0.3 is 0 Å². The number of rotatable bonds is 1. The first-order valence-corrected chi connectivity index (χ1v) is 2.56. The maximum absolute atomic E-state index is 8.49. The van der Waals surface area contributed by atoms with E-state index in [1.165, 1.54) is 18.3 Å². The lowest BCUT2D eigenvalue weighted by Crippen LogP contribution is -1.86. The lowest BCUT2D eigenvalue weighted by atomic mass is 10.3. The van der Waals surface area contributed by atoms with Gasteiger partial charge in [-0.25, -0.2) is 4.98 Å². The first kappa shape index (κ1) is 3.57. The minimum absolute atomic E-state index is 0.0703. The van der Waals surface area contributed by atoms with Crippen LogP contribution in [-0.4, -0.2) is 12.0 Å². The average Bonchev–Trinajstić information content (AvgIpc) is 2.01. The van der Waals surface area contributed by atoms with Crippen LogP contribution in [0.1, 0.15) is 9.68 Å². The number of pyridine rings is 1. The summed E-state index contributed by atoms with van der Waals surface area (Å²) in [7, 11) is -2.53. The molecule has 1 heterocycles. The Morgan fingerprint density at radius 2 is 2.80 bits per heavy atom. The highest BCUT2D eigenvalue weighted by Crippen LogP contribution is 2.06. The summed E-state index contributed by atoms with van der Waals surface area (Å²) < 4.78 is 24.8. The molecule has 0 unspecified atom stereocenters. The summed E-state index contributed by atoms with van der Waals surface area (Å²) in [6, 6.07) is 4.58. The van der Waals surface area contributed by atoms with E-state index in [4.69, 9.17) is 9.37 Å². The van der Waals surface area contributed by atoms with E-state index in [1.807, 2.05) is 6.07 Å².